The Morgan fingerprint density at radius 2 is 2.06 bits per heavy atom. The minimum Gasteiger partial charge on any atom is -0.466 e. The molecule has 1 rings (SSSR count). The van der Waals surface area contributed by atoms with Crippen molar-refractivity contribution in [3.63, 3.8) is 0 Å². The van der Waals surface area contributed by atoms with Gasteiger partial charge in [-0.1, -0.05) is 39.5 Å². The summed E-state index contributed by atoms with van der Waals surface area (Å²) in [5.41, 5.74) is 0. The largest absolute Gasteiger partial charge is 0.466 e. The maximum absolute atomic E-state index is 10.7. The number of rotatable bonds is 5. The summed E-state index contributed by atoms with van der Waals surface area (Å²) in [6.07, 6.45) is 7.79. The quantitative estimate of drug-likeness (QED) is 0.667. The molecule has 0 heterocycles. The fraction of sp³-hybridized carbons (Fsp3) is 0.929. The molecule has 16 heavy (non-hydrogen) atoms. The summed E-state index contributed by atoms with van der Waals surface area (Å²) in [5, 5.41) is 0. The Hall–Kier alpha value is -0.530. The van der Waals surface area contributed by atoms with Gasteiger partial charge in [0.15, 0.2) is 0 Å². The predicted molar refractivity (Wildman–Crippen MR) is 66.2 cm³/mol. The molecule has 0 aromatic carbocycles. The summed E-state index contributed by atoms with van der Waals surface area (Å²) in [6, 6.07) is 0. The highest BCUT2D eigenvalue weighted by molar-refractivity contribution is 5.65. The van der Waals surface area contributed by atoms with E-state index in [0.29, 0.717) is 6.61 Å². The van der Waals surface area contributed by atoms with Crippen molar-refractivity contribution in [1.82, 2.24) is 0 Å². The zero-order valence-corrected chi connectivity index (χ0v) is 11.0. The average molecular weight is 226 g/mol. The molecular formula is C14H26O2. The van der Waals surface area contributed by atoms with Crippen LogP contribution in [0.3, 0.4) is 0 Å². The molecule has 0 saturated heterocycles. The van der Waals surface area contributed by atoms with Gasteiger partial charge in [-0.2, -0.15) is 0 Å². The lowest BCUT2D eigenvalue weighted by Gasteiger charge is -2.35. The summed E-state index contributed by atoms with van der Waals surface area (Å²) < 4.78 is 5.07. The van der Waals surface area contributed by atoms with Gasteiger partial charge in [0.25, 0.3) is 0 Å². The highest BCUT2D eigenvalue weighted by atomic mass is 16.5. The second-order valence-corrected chi connectivity index (χ2v) is 5.22. The molecule has 3 unspecified atom stereocenters. The highest BCUT2D eigenvalue weighted by Crippen LogP contribution is 2.38. The third kappa shape index (κ3) is 4.15. The van der Waals surface area contributed by atoms with E-state index in [1.165, 1.54) is 39.0 Å². The third-order valence-corrected chi connectivity index (χ3v) is 4.14. The summed E-state index contributed by atoms with van der Waals surface area (Å²) >= 11 is 0. The molecule has 94 valence electrons. The number of hydrogen-bond acceptors (Lipinski definition) is 2. The molecule has 0 radical (unpaired) electrons. The molecule has 0 spiro atoms. The van der Waals surface area contributed by atoms with Gasteiger partial charge in [-0.15, -0.1) is 0 Å². The van der Waals surface area contributed by atoms with Crippen molar-refractivity contribution in [2.24, 2.45) is 17.8 Å². The lowest BCUT2D eigenvalue weighted by Crippen LogP contribution is -2.26. The summed E-state index contributed by atoms with van der Waals surface area (Å²) in [5.74, 6) is 2.32. The van der Waals surface area contributed by atoms with Gasteiger partial charge in [0.1, 0.15) is 0 Å². The van der Waals surface area contributed by atoms with E-state index in [1.807, 2.05) is 0 Å². The van der Waals surface area contributed by atoms with E-state index in [4.69, 9.17) is 4.74 Å². The van der Waals surface area contributed by atoms with E-state index in [1.54, 1.807) is 0 Å². The smallest absolute Gasteiger partial charge is 0.302 e. The van der Waals surface area contributed by atoms with Crippen LogP contribution in [0.15, 0.2) is 0 Å². The molecule has 2 heteroatoms. The van der Waals surface area contributed by atoms with E-state index in [9.17, 15) is 4.79 Å². The molecule has 1 fully saturated rings. The highest BCUT2D eigenvalue weighted by Gasteiger charge is 2.28. The van der Waals surface area contributed by atoms with E-state index in [0.717, 1.165) is 24.2 Å². The first-order chi connectivity index (χ1) is 7.65. The molecule has 0 aromatic heterocycles. The minimum absolute atomic E-state index is 0.143. The van der Waals surface area contributed by atoms with Crippen molar-refractivity contribution < 1.29 is 9.53 Å². The van der Waals surface area contributed by atoms with Crippen molar-refractivity contribution in [1.29, 1.82) is 0 Å². The second-order valence-electron chi connectivity index (χ2n) is 5.22. The van der Waals surface area contributed by atoms with Crippen LogP contribution in [-0.2, 0) is 9.53 Å². The molecule has 0 aliphatic heterocycles. The minimum atomic E-state index is -0.143. The van der Waals surface area contributed by atoms with Crippen LogP contribution >= 0.6 is 0 Å². The molecule has 0 aromatic rings. The zero-order chi connectivity index (χ0) is 12.0. The molecule has 1 aliphatic carbocycles. The van der Waals surface area contributed by atoms with E-state index >= 15 is 0 Å². The van der Waals surface area contributed by atoms with Gasteiger partial charge >= 0.3 is 5.97 Å². The normalized spacial score (nSPS) is 27.4. The Bertz CT molecular complexity index is 213. The second kappa shape index (κ2) is 6.93. The molecule has 2 nitrogen and oxygen atoms in total. The zero-order valence-electron chi connectivity index (χ0n) is 11.0. The lowest BCUT2D eigenvalue weighted by molar-refractivity contribution is -0.141. The fourth-order valence-corrected chi connectivity index (χ4v) is 3.00. The Labute approximate surface area is 99.8 Å². The number of ether oxygens (including phenoxy) is 1. The summed E-state index contributed by atoms with van der Waals surface area (Å²) in [7, 11) is 0. The maximum atomic E-state index is 10.7. The van der Waals surface area contributed by atoms with Crippen molar-refractivity contribution in [3.05, 3.63) is 0 Å². The Balaban J connectivity index is 2.37. The number of carbonyl (C=O) groups excluding carboxylic acids is 1. The lowest BCUT2D eigenvalue weighted by atomic mass is 9.71. The van der Waals surface area contributed by atoms with Crippen molar-refractivity contribution >= 4 is 5.97 Å². The molecule has 0 bridgehead atoms. The van der Waals surface area contributed by atoms with Crippen molar-refractivity contribution in [2.45, 2.75) is 59.3 Å². The number of esters is 1. The molecule has 1 saturated carbocycles. The van der Waals surface area contributed by atoms with E-state index in [2.05, 4.69) is 13.8 Å². The van der Waals surface area contributed by atoms with Gasteiger partial charge in [0.2, 0.25) is 0 Å². The SMILES string of the molecule is CCC(C)C1CCCCC1CCOC(C)=O. The van der Waals surface area contributed by atoms with Crippen molar-refractivity contribution in [2.75, 3.05) is 6.61 Å². The van der Waals surface area contributed by atoms with Gasteiger partial charge in [0, 0.05) is 6.92 Å². The first-order valence-electron chi connectivity index (χ1n) is 6.78. The van der Waals surface area contributed by atoms with Gasteiger partial charge in [0.05, 0.1) is 6.61 Å². The Morgan fingerprint density at radius 3 is 2.69 bits per heavy atom. The Kier molecular flexibility index (Phi) is 5.86. The van der Waals surface area contributed by atoms with Crippen LogP contribution in [0.5, 0.6) is 0 Å². The van der Waals surface area contributed by atoms with Crippen LogP contribution in [0, 0.1) is 17.8 Å². The Morgan fingerprint density at radius 1 is 1.38 bits per heavy atom. The van der Waals surface area contributed by atoms with Crippen LogP contribution in [0.25, 0.3) is 0 Å². The van der Waals surface area contributed by atoms with Crippen LogP contribution in [0.2, 0.25) is 0 Å². The molecule has 0 amide bonds. The predicted octanol–water partition coefficient (Wildman–Crippen LogP) is 3.79. The van der Waals surface area contributed by atoms with Crippen molar-refractivity contribution in [3.8, 4) is 0 Å². The fourth-order valence-electron chi connectivity index (χ4n) is 3.00. The summed E-state index contributed by atoms with van der Waals surface area (Å²) in [4.78, 5) is 10.7. The van der Waals surface area contributed by atoms with Gasteiger partial charge in [-0.25, -0.2) is 0 Å². The molecule has 0 N–H and O–H groups in total. The standard InChI is InChI=1S/C14H26O2/c1-4-11(2)14-8-6-5-7-13(14)9-10-16-12(3)15/h11,13-14H,4-10H2,1-3H3. The van der Waals surface area contributed by atoms with Crippen LogP contribution < -0.4 is 0 Å². The first kappa shape index (κ1) is 13.5. The average Bonchev–Trinajstić information content (AvgIpc) is 2.28. The third-order valence-electron chi connectivity index (χ3n) is 4.14. The van der Waals surface area contributed by atoms with Crippen LogP contribution in [0.1, 0.15) is 59.3 Å². The number of hydrogen-bond donors (Lipinski definition) is 0. The van der Waals surface area contributed by atoms with Gasteiger partial charge in [-0.3, -0.25) is 4.79 Å². The summed E-state index contributed by atoms with van der Waals surface area (Å²) in [6.45, 7) is 6.76. The number of carbonyl (C=O) groups is 1. The molecule has 3 atom stereocenters. The van der Waals surface area contributed by atoms with E-state index in [-0.39, 0.29) is 5.97 Å². The van der Waals surface area contributed by atoms with E-state index < -0.39 is 0 Å². The molecule has 1 aliphatic rings. The molecular weight excluding hydrogens is 200 g/mol. The van der Waals surface area contributed by atoms with Gasteiger partial charge < -0.3 is 4.74 Å². The van der Waals surface area contributed by atoms with Crippen LogP contribution in [0.4, 0.5) is 0 Å². The topological polar surface area (TPSA) is 26.3 Å². The maximum Gasteiger partial charge on any atom is 0.302 e. The van der Waals surface area contributed by atoms with Gasteiger partial charge in [-0.05, 0) is 30.6 Å². The monoisotopic (exact) mass is 226 g/mol. The first-order valence-corrected chi connectivity index (χ1v) is 6.78. The van der Waals surface area contributed by atoms with Crippen LogP contribution in [-0.4, -0.2) is 12.6 Å².